The summed E-state index contributed by atoms with van der Waals surface area (Å²) >= 11 is 6.01. The number of hydrogen-bond donors (Lipinski definition) is 2. The largest absolute Gasteiger partial charge is 0.496 e. The van der Waals surface area contributed by atoms with Gasteiger partial charge in [0.15, 0.2) is 5.76 Å². The molecule has 0 radical (unpaired) electrons. The lowest BCUT2D eigenvalue weighted by atomic mass is 10.1. The summed E-state index contributed by atoms with van der Waals surface area (Å²) in [5, 5.41) is 6.79. The topological polar surface area (TPSA) is 89.8 Å². The molecule has 162 valence electrons. The summed E-state index contributed by atoms with van der Waals surface area (Å²) in [6, 6.07) is 18.7. The lowest BCUT2D eigenvalue weighted by molar-refractivity contribution is 0.0995. The van der Waals surface area contributed by atoms with Crippen molar-refractivity contribution < 1.29 is 23.5 Å². The van der Waals surface area contributed by atoms with Gasteiger partial charge in [0.1, 0.15) is 17.1 Å². The van der Waals surface area contributed by atoms with Crippen LogP contribution in [0.25, 0.3) is 11.0 Å². The van der Waals surface area contributed by atoms with Gasteiger partial charge in [-0.25, -0.2) is 0 Å². The molecule has 0 saturated carbocycles. The minimum absolute atomic E-state index is 0.179. The van der Waals surface area contributed by atoms with Crippen molar-refractivity contribution in [2.75, 3.05) is 24.9 Å². The Labute approximate surface area is 188 Å². The molecular formula is C24H19ClN2O5. The van der Waals surface area contributed by atoms with Gasteiger partial charge >= 0.3 is 0 Å². The van der Waals surface area contributed by atoms with Crippen LogP contribution in [0.4, 0.5) is 11.4 Å². The Hall–Kier alpha value is -3.97. The standard InChI is InChI=1S/C24H19ClN2O5/c1-30-20-10-7-15(25)12-17(20)23(28)26-16-8-9-18(21(13-16)31-2)27-24(29)22-11-14-5-3-4-6-19(14)32-22/h3-13H,1-2H3,(H,26,28)(H,27,29). The molecule has 32 heavy (non-hydrogen) atoms. The van der Waals surface area contributed by atoms with Crippen LogP contribution in [0.2, 0.25) is 5.02 Å². The first-order chi connectivity index (χ1) is 15.5. The molecule has 0 unspecified atom stereocenters. The van der Waals surface area contributed by atoms with Crippen LogP contribution in [0.3, 0.4) is 0 Å². The second-order valence-electron chi connectivity index (χ2n) is 6.82. The number of anilines is 2. The quantitative estimate of drug-likeness (QED) is 0.398. The molecule has 2 amide bonds. The molecule has 0 bridgehead atoms. The summed E-state index contributed by atoms with van der Waals surface area (Å²) in [6.07, 6.45) is 0. The highest BCUT2D eigenvalue weighted by atomic mass is 35.5. The minimum Gasteiger partial charge on any atom is -0.496 e. The number of carbonyl (C=O) groups excluding carboxylic acids is 2. The van der Waals surface area contributed by atoms with Crippen molar-refractivity contribution in [1.29, 1.82) is 0 Å². The third kappa shape index (κ3) is 4.38. The number of amides is 2. The molecule has 0 saturated heterocycles. The second-order valence-corrected chi connectivity index (χ2v) is 7.25. The maximum Gasteiger partial charge on any atom is 0.291 e. The lowest BCUT2D eigenvalue weighted by Crippen LogP contribution is -2.14. The van der Waals surface area contributed by atoms with E-state index in [9.17, 15) is 9.59 Å². The average Bonchev–Trinajstić information content (AvgIpc) is 3.24. The lowest BCUT2D eigenvalue weighted by Gasteiger charge is -2.13. The zero-order valence-electron chi connectivity index (χ0n) is 17.3. The van der Waals surface area contributed by atoms with Crippen molar-refractivity contribution in [3.63, 3.8) is 0 Å². The molecule has 3 aromatic carbocycles. The van der Waals surface area contributed by atoms with E-state index in [2.05, 4.69) is 10.6 Å². The molecule has 0 fully saturated rings. The van der Waals surface area contributed by atoms with Gasteiger partial charge in [-0.05, 0) is 42.5 Å². The number of nitrogens with one attached hydrogen (secondary N) is 2. The molecule has 2 N–H and O–H groups in total. The predicted molar refractivity (Wildman–Crippen MR) is 123 cm³/mol. The van der Waals surface area contributed by atoms with Crippen molar-refractivity contribution in [2.24, 2.45) is 0 Å². The SMILES string of the molecule is COc1cc(NC(=O)c2cc(Cl)ccc2OC)ccc1NC(=O)c1cc2ccccc2o1. The van der Waals surface area contributed by atoms with Crippen LogP contribution in [0, 0.1) is 0 Å². The third-order valence-corrected chi connectivity index (χ3v) is 5.00. The summed E-state index contributed by atoms with van der Waals surface area (Å²) in [5.41, 5.74) is 1.81. The number of rotatable bonds is 6. The molecule has 1 aromatic heterocycles. The first-order valence-corrected chi connectivity index (χ1v) is 9.99. The average molecular weight is 451 g/mol. The molecule has 4 aromatic rings. The summed E-state index contributed by atoms with van der Waals surface area (Å²) in [7, 11) is 2.94. The number of para-hydroxylation sites is 1. The van der Waals surface area contributed by atoms with Crippen LogP contribution >= 0.6 is 11.6 Å². The Morgan fingerprint density at radius 3 is 2.38 bits per heavy atom. The zero-order valence-corrected chi connectivity index (χ0v) is 18.0. The van der Waals surface area contributed by atoms with Gasteiger partial charge in [-0.15, -0.1) is 0 Å². The summed E-state index contributed by atoms with van der Waals surface area (Å²) in [4.78, 5) is 25.4. The zero-order chi connectivity index (χ0) is 22.7. The fraction of sp³-hybridized carbons (Fsp3) is 0.0833. The maximum absolute atomic E-state index is 12.7. The van der Waals surface area contributed by atoms with E-state index in [0.717, 1.165) is 5.39 Å². The molecule has 0 aliphatic rings. The Kier molecular flexibility index (Phi) is 6.00. The number of benzene rings is 3. The molecule has 7 nitrogen and oxygen atoms in total. The minimum atomic E-state index is -0.417. The van der Waals surface area contributed by atoms with E-state index in [1.165, 1.54) is 20.3 Å². The van der Waals surface area contributed by atoms with Gasteiger partial charge in [-0.2, -0.15) is 0 Å². The van der Waals surface area contributed by atoms with Crippen molar-refractivity contribution in [1.82, 2.24) is 0 Å². The molecule has 1 heterocycles. The Bertz CT molecular complexity index is 1280. The number of carbonyl (C=O) groups is 2. The Morgan fingerprint density at radius 2 is 1.62 bits per heavy atom. The number of halogens is 1. The van der Waals surface area contributed by atoms with Crippen molar-refractivity contribution >= 4 is 45.8 Å². The van der Waals surface area contributed by atoms with Crippen LogP contribution in [0.1, 0.15) is 20.9 Å². The van der Waals surface area contributed by atoms with E-state index in [0.29, 0.717) is 39.0 Å². The highest BCUT2D eigenvalue weighted by Crippen LogP contribution is 2.30. The first kappa shape index (κ1) is 21.3. The van der Waals surface area contributed by atoms with E-state index in [1.54, 1.807) is 42.5 Å². The highest BCUT2D eigenvalue weighted by Gasteiger charge is 2.17. The van der Waals surface area contributed by atoms with E-state index in [4.69, 9.17) is 25.5 Å². The monoisotopic (exact) mass is 450 g/mol. The first-order valence-electron chi connectivity index (χ1n) is 9.61. The van der Waals surface area contributed by atoms with Gasteiger partial charge in [-0.3, -0.25) is 9.59 Å². The molecule has 0 atom stereocenters. The molecular weight excluding hydrogens is 432 g/mol. The van der Waals surface area contributed by atoms with Gasteiger partial charge in [0.2, 0.25) is 0 Å². The number of hydrogen-bond acceptors (Lipinski definition) is 5. The van der Waals surface area contributed by atoms with Gasteiger partial charge in [-0.1, -0.05) is 29.8 Å². The molecule has 4 rings (SSSR count). The maximum atomic E-state index is 12.7. The van der Waals surface area contributed by atoms with E-state index < -0.39 is 11.8 Å². The van der Waals surface area contributed by atoms with Crippen LogP contribution in [0.5, 0.6) is 11.5 Å². The van der Waals surface area contributed by atoms with Crippen molar-refractivity contribution in [2.45, 2.75) is 0 Å². The summed E-state index contributed by atoms with van der Waals surface area (Å²) in [5.74, 6) is 0.128. The number of methoxy groups -OCH3 is 2. The summed E-state index contributed by atoms with van der Waals surface area (Å²) in [6.45, 7) is 0. The normalized spacial score (nSPS) is 10.6. The number of ether oxygens (including phenoxy) is 2. The van der Waals surface area contributed by atoms with Gasteiger partial charge in [0.05, 0.1) is 25.5 Å². The van der Waals surface area contributed by atoms with Gasteiger partial charge in [0.25, 0.3) is 11.8 Å². The number of fused-ring (bicyclic) bond motifs is 1. The molecule has 0 aliphatic carbocycles. The highest BCUT2D eigenvalue weighted by molar-refractivity contribution is 6.31. The summed E-state index contributed by atoms with van der Waals surface area (Å²) < 4.78 is 16.2. The third-order valence-electron chi connectivity index (χ3n) is 4.76. The smallest absolute Gasteiger partial charge is 0.291 e. The van der Waals surface area contributed by atoms with Gasteiger partial charge < -0.3 is 24.5 Å². The van der Waals surface area contributed by atoms with Crippen LogP contribution in [-0.4, -0.2) is 26.0 Å². The van der Waals surface area contributed by atoms with E-state index in [-0.39, 0.29) is 5.76 Å². The predicted octanol–water partition coefficient (Wildman–Crippen LogP) is 5.61. The van der Waals surface area contributed by atoms with E-state index in [1.807, 2.05) is 18.2 Å². The fourth-order valence-corrected chi connectivity index (χ4v) is 3.38. The molecule has 0 aliphatic heterocycles. The van der Waals surface area contributed by atoms with Crippen LogP contribution in [-0.2, 0) is 0 Å². The number of furan rings is 1. The van der Waals surface area contributed by atoms with Crippen LogP contribution < -0.4 is 20.1 Å². The second kappa shape index (κ2) is 9.03. The van der Waals surface area contributed by atoms with Crippen LogP contribution in [0.15, 0.2) is 71.1 Å². The Balaban J connectivity index is 1.53. The fourth-order valence-electron chi connectivity index (χ4n) is 3.21. The van der Waals surface area contributed by atoms with Gasteiger partial charge in [0, 0.05) is 22.2 Å². The van der Waals surface area contributed by atoms with E-state index >= 15 is 0 Å². The molecule has 0 spiro atoms. The van der Waals surface area contributed by atoms with Crippen molar-refractivity contribution in [3.05, 3.63) is 83.1 Å². The Morgan fingerprint density at radius 1 is 0.844 bits per heavy atom. The molecule has 8 heteroatoms. The van der Waals surface area contributed by atoms with Crippen molar-refractivity contribution in [3.8, 4) is 11.5 Å².